The molecule has 1 aromatic carbocycles. The molecule has 1 aliphatic rings. The fourth-order valence-electron chi connectivity index (χ4n) is 3.61. The van der Waals surface area contributed by atoms with Crippen LogP contribution in [0.3, 0.4) is 0 Å². The van der Waals surface area contributed by atoms with Gasteiger partial charge in [0.15, 0.2) is 0 Å². The second-order valence-corrected chi connectivity index (χ2v) is 7.00. The van der Waals surface area contributed by atoms with E-state index in [0.717, 1.165) is 24.2 Å². The molecule has 4 rings (SSSR count). The first kappa shape index (κ1) is 18.2. The quantitative estimate of drug-likeness (QED) is 0.748. The Balaban J connectivity index is 1.43. The lowest BCUT2D eigenvalue weighted by Gasteiger charge is -2.32. The molecular weight excluding hydrogens is 357 g/mol. The molecule has 1 N–H and O–H groups in total. The van der Waals surface area contributed by atoms with E-state index in [-0.39, 0.29) is 17.8 Å². The number of urea groups is 1. The van der Waals surface area contributed by atoms with Crippen molar-refractivity contribution in [1.29, 1.82) is 0 Å². The third-order valence-corrected chi connectivity index (χ3v) is 4.99. The number of piperidine rings is 1. The number of nitrogens with one attached hydrogen (secondary N) is 1. The minimum Gasteiger partial charge on any atom is -0.330 e. The molecular formula is C21H22FN5O. The van der Waals surface area contributed by atoms with Crippen LogP contribution >= 0.6 is 0 Å². The minimum atomic E-state index is -0.323. The van der Waals surface area contributed by atoms with Gasteiger partial charge in [0.2, 0.25) is 0 Å². The van der Waals surface area contributed by atoms with Crippen LogP contribution in [0, 0.1) is 5.82 Å². The van der Waals surface area contributed by atoms with Crippen molar-refractivity contribution in [2.45, 2.75) is 25.3 Å². The van der Waals surface area contributed by atoms with Gasteiger partial charge >= 0.3 is 6.03 Å². The van der Waals surface area contributed by atoms with E-state index in [1.165, 1.54) is 12.1 Å². The lowest BCUT2D eigenvalue weighted by molar-refractivity contribution is 0.190. The molecule has 28 heavy (non-hydrogen) atoms. The molecule has 2 amide bonds. The molecule has 3 heterocycles. The maximum absolute atomic E-state index is 13.0. The first-order valence-corrected chi connectivity index (χ1v) is 9.40. The van der Waals surface area contributed by atoms with Gasteiger partial charge in [-0.25, -0.2) is 14.2 Å². The third kappa shape index (κ3) is 4.19. The number of hydrogen-bond donors (Lipinski definition) is 1. The molecule has 0 radical (unpaired) electrons. The number of pyridine rings is 1. The van der Waals surface area contributed by atoms with Crippen LogP contribution in [-0.2, 0) is 6.54 Å². The summed E-state index contributed by atoms with van der Waals surface area (Å²) >= 11 is 0. The molecule has 2 aromatic heterocycles. The van der Waals surface area contributed by atoms with Crippen molar-refractivity contribution in [2.75, 3.05) is 18.4 Å². The molecule has 1 atom stereocenters. The number of carbonyl (C=O) groups is 1. The van der Waals surface area contributed by atoms with E-state index in [4.69, 9.17) is 0 Å². The molecule has 0 spiro atoms. The predicted octanol–water partition coefficient (Wildman–Crippen LogP) is 3.88. The van der Waals surface area contributed by atoms with Gasteiger partial charge in [-0.1, -0.05) is 6.07 Å². The summed E-state index contributed by atoms with van der Waals surface area (Å²) in [6.45, 7) is 2.02. The number of benzene rings is 1. The van der Waals surface area contributed by atoms with Crippen molar-refractivity contribution in [3.8, 4) is 0 Å². The highest BCUT2D eigenvalue weighted by Gasteiger charge is 2.27. The maximum Gasteiger partial charge on any atom is 0.321 e. The summed E-state index contributed by atoms with van der Waals surface area (Å²) in [5, 5.41) is 2.84. The van der Waals surface area contributed by atoms with Gasteiger partial charge in [0.05, 0.1) is 6.54 Å². The standard InChI is InChI=1S/C21H22FN5O/c22-18-5-7-19(8-6-18)25-21(28)27-11-2-4-17(15-27)20-24-10-12-26(20)14-16-3-1-9-23-13-16/h1,3,5-10,12-13,17H,2,4,11,14-15H2,(H,25,28). The average molecular weight is 379 g/mol. The number of aromatic nitrogens is 3. The van der Waals surface area contributed by atoms with E-state index in [9.17, 15) is 9.18 Å². The Morgan fingerprint density at radius 1 is 1.21 bits per heavy atom. The Hall–Kier alpha value is -3.22. The van der Waals surface area contributed by atoms with Gasteiger partial charge in [-0.2, -0.15) is 0 Å². The van der Waals surface area contributed by atoms with Gasteiger partial charge in [-0.15, -0.1) is 0 Å². The number of anilines is 1. The van der Waals surface area contributed by atoms with Gasteiger partial charge in [0.25, 0.3) is 0 Å². The molecule has 0 aliphatic carbocycles. The Labute approximate surface area is 163 Å². The molecule has 6 nitrogen and oxygen atoms in total. The number of carbonyl (C=O) groups excluding carboxylic acids is 1. The molecule has 3 aromatic rings. The van der Waals surface area contributed by atoms with Crippen molar-refractivity contribution in [2.24, 2.45) is 0 Å². The highest BCUT2D eigenvalue weighted by atomic mass is 19.1. The van der Waals surface area contributed by atoms with Gasteiger partial charge in [-0.05, 0) is 48.7 Å². The summed E-state index contributed by atoms with van der Waals surface area (Å²) in [5.74, 6) is 0.846. The Morgan fingerprint density at radius 2 is 2.07 bits per heavy atom. The van der Waals surface area contributed by atoms with Crippen molar-refractivity contribution < 1.29 is 9.18 Å². The highest BCUT2D eigenvalue weighted by Crippen LogP contribution is 2.27. The van der Waals surface area contributed by atoms with Crippen LogP contribution in [0.15, 0.2) is 61.2 Å². The van der Waals surface area contributed by atoms with E-state index in [1.54, 1.807) is 23.2 Å². The lowest BCUT2D eigenvalue weighted by Crippen LogP contribution is -2.42. The largest absolute Gasteiger partial charge is 0.330 e. The normalized spacial score (nSPS) is 16.8. The Kier molecular flexibility index (Phi) is 5.32. The molecule has 0 saturated carbocycles. The van der Waals surface area contributed by atoms with Crippen LogP contribution in [0.4, 0.5) is 14.9 Å². The second kappa shape index (κ2) is 8.21. The molecule has 7 heteroatoms. The van der Waals surface area contributed by atoms with Crippen LogP contribution in [0.1, 0.15) is 30.1 Å². The number of hydrogen-bond acceptors (Lipinski definition) is 3. The smallest absolute Gasteiger partial charge is 0.321 e. The van der Waals surface area contributed by atoms with Crippen LogP contribution in [0.25, 0.3) is 0 Å². The zero-order valence-corrected chi connectivity index (χ0v) is 15.5. The Morgan fingerprint density at radius 3 is 2.86 bits per heavy atom. The fourth-order valence-corrected chi connectivity index (χ4v) is 3.61. The molecule has 144 valence electrons. The van der Waals surface area contributed by atoms with Crippen LogP contribution in [0.5, 0.6) is 0 Å². The number of imidazole rings is 1. The summed E-state index contributed by atoms with van der Waals surface area (Å²) < 4.78 is 15.2. The highest BCUT2D eigenvalue weighted by molar-refractivity contribution is 5.89. The number of halogens is 1. The SMILES string of the molecule is O=C(Nc1ccc(F)cc1)N1CCCC(c2nccn2Cc2cccnc2)C1. The first-order valence-electron chi connectivity index (χ1n) is 9.40. The van der Waals surface area contributed by atoms with Crippen LogP contribution < -0.4 is 5.32 Å². The van der Waals surface area contributed by atoms with Gasteiger partial charge < -0.3 is 14.8 Å². The van der Waals surface area contributed by atoms with Crippen molar-refractivity contribution in [3.05, 3.63) is 78.4 Å². The predicted molar refractivity (Wildman–Crippen MR) is 105 cm³/mol. The second-order valence-electron chi connectivity index (χ2n) is 7.00. The molecule has 1 fully saturated rings. The number of likely N-dealkylation sites (tertiary alicyclic amines) is 1. The van der Waals surface area contributed by atoms with E-state index >= 15 is 0 Å². The zero-order valence-electron chi connectivity index (χ0n) is 15.5. The molecule has 0 bridgehead atoms. The van der Waals surface area contributed by atoms with E-state index in [0.29, 0.717) is 25.3 Å². The Bertz CT molecular complexity index is 925. The zero-order chi connectivity index (χ0) is 19.3. The number of nitrogens with zero attached hydrogens (tertiary/aromatic N) is 4. The van der Waals surface area contributed by atoms with E-state index in [1.807, 2.05) is 30.7 Å². The monoisotopic (exact) mass is 379 g/mol. The van der Waals surface area contributed by atoms with Gasteiger partial charge in [0.1, 0.15) is 11.6 Å². The molecule has 1 aliphatic heterocycles. The van der Waals surface area contributed by atoms with Crippen LogP contribution in [0.2, 0.25) is 0 Å². The van der Waals surface area contributed by atoms with Gasteiger partial charge in [0, 0.05) is 49.5 Å². The molecule has 1 unspecified atom stereocenters. The van der Waals surface area contributed by atoms with Crippen molar-refractivity contribution in [3.63, 3.8) is 0 Å². The summed E-state index contributed by atoms with van der Waals surface area (Å²) in [4.78, 5) is 23.2. The first-order chi connectivity index (χ1) is 13.7. The maximum atomic E-state index is 13.0. The summed E-state index contributed by atoms with van der Waals surface area (Å²) in [5.41, 5.74) is 1.70. The number of rotatable bonds is 4. The lowest BCUT2D eigenvalue weighted by atomic mass is 9.97. The minimum absolute atomic E-state index is 0.165. The fraction of sp³-hybridized carbons (Fsp3) is 0.286. The summed E-state index contributed by atoms with van der Waals surface area (Å²) in [6.07, 6.45) is 9.30. The average Bonchev–Trinajstić information content (AvgIpc) is 3.19. The van der Waals surface area contributed by atoms with E-state index in [2.05, 4.69) is 19.9 Å². The van der Waals surface area contributed by atoms with Crippen LogP contribution in [-0.4, -0.2) is 38.6 Å². The van der Waals surface area contributed by atoms with E-state index < -0.39 is 0 Å². The summed E-state index contributed by atoms with van der Waals surface area (Å²) in [6, 6.07) is 9.61. The topological polar surface area (TPSA) is 63.1 Å². The summed E-state index contributed by atoms with van der Waals surface area (Å²) in [7, 11) is 0. The van der Waals surface area contributed by atoms with Crippen molar-refractivity contribution >= 4 is 11.7 Å². The molecule has 1 saturated heterocycles. The van der Waals surface area contributed by atoms with Gasteiger partial charge in [-0.3, -0.25) is 4.98 Å². The third-order valence-electron chi connectivity index (χ3n) is 4.99. The van der Waals surface area contributed by atoms with Crippen molar-refractivity contribution in [1.82, 2.24) is 19.4 Å². The number of amides is 2.